The van der Waals surface area contributed by atoms with Crippen LogP contribution in [0.25, 0.3) is 0 Å². The Labute approximate surface area is 129 Å². The van der Waals surface area contributed by atoms with Gasteiger partial charge in [0.25, 0.3) is 5.56 Å². The van der Waals surface area contributed by atoms with Crippen molar-refractivity contribution in [2.45, 2.75) is 25.2 Å². The summed E-state index contributed by atoms with van der Waals surface area (Å²) in [5.41, 5.74) is -3.11. The van der Waals surface area contributed by atoms with Gasteiger partial charge < -0.3 is 9.67 Å². The summed E-state index contributed by atoms with van der Waals surface area (Å²) in [5, 5.41) is 10.0. The molecular formula is C15H15F3N2O3. The van der Waals surface area contributed by atoms with Gasteiger partial charge in [0.2, 0.25) is 0 Å². The fourth-order valence-electron chi connectivity index (χ4n) is 2.21. The second-order valence-corrected chi connectivity index (χ2v) is 5.11. The maximum Gasteiger partial charge on any atom is 0.423 e. The molecule has 0 amide bonds. The summed E-state index contributed by atoms with van der Waals surface area (Å²) in [6.45, 7) is -0.314. The van der Waals surface area contributed by atoms with E-state index in [4.69, 9.17) is 0 Å². The third kappa shape index (κ3) is 3.70. The summed E-state index contributed by atoms with van der Waals surface area (Å²) in [4.78, 5) is 23.8. The van der Waals surface area contributed by atoms with Gasteiger partial charge in [0.1, 0.15) is 5.56 Å². The number of aliphatic hydroxyl groups is 1. The molecule has 1 N–H and O–H groups in total. The van der Waals surface area contributed by atoms with Crippen molar-refractivity contribution >= 4 is 0 Å². The number of aromatic nitrogens is 2. The summed E-state index contributed by atoms with van der Waals surface area (Å²) < 4.78 is 39.7. The first-order chi connectivity index (χ1) is 10.7. The van der Waals surface area contributed by atoms with Crippen LogP contribution < -0.4 is 11.2 Å². The molecule has 1 heterocycles. The lowest BCUT2D eigenvalue weighted by Crippen LogP contribution is -2.42. The van der Waals surface area contributed by atoms with Crippen molar-refractivity contribution in [1.29, 1.82) is 0 Å². The van der Waals surface area contributed by atoms with Crippen molar-refractivity contribution in [2.24, 2.45) is 7.05 Å². The van der Waals surface area contributed by atoms with Gasteiger partial charge in [-0.15, -0.1) is 0 Å². The first-order valence-corrected chi connectivity index (χ1v) is 6.82. The molecule has 2 aromatic rings. The van der Waals surface area contributed by atoms with E-state index in [0.717, 1.165) is 7.05 Å². The van der Waals surface area contributed by atoms with Crippen molar-refractivity contribution < 1.29 is 18.3 Å². The maximum atomic E-state index is 12.8. The second kappa shape index (κ2) is 6.41. The molecule has 23 heavy (non-hydrogen) atoms. The molecular weight excluding hydrogens is 313 g/mol. The monoisotopic (exact) mass is 328 g/mol. The van der Waals surface area contributed by atoms with Gasteiger partial charge in [-0.1, -0.05) is 30.3 Å². The summed E-state index contributed by atoms with van der Waals surface area (Å²) in [7, 11) is 1.14. The summed E-state index contributed by atoms with van der Waals surface area (Å²) in [6, 6.07) is 8.46. The highest BCUT2D eigenvalue weighted by molar-refractivity contribution is 5.17. The molecule has 0 spiro atoms. The molecule has 0 fully saturated rings. The van der Waals surface area contributed by atoms with Crippen LogP contribution in [0.15, 0.2) is 46.1 Å². The molecule has 1 unspecified atom stereocenters. The Morgan fingerprint density at radius 3 is 2.35 bits per heavy atom. The number of halogens is 3. The van der Waals surface area contributed by atoms with E-state index in [-0.39, 0.29) is 13.0 Å². The van der Waals surface area contributed by atoms with Crippen LogP contribution in [0.4, 0.5) is 13.2 Å². The highest BCUT2D eigenvalue weighted by Crippen LogP contribution is 2.25. The van der Waals surface area contributed by atoms with E-state index in [9.17, 15) is 27.9 Å². The Balaban J connectivity index is 2.32. The van der Waals surface area contributed by atoms with E-state index in [1.165, 1.54) is 0 Å². The number of hydrogen-bond acceptors (Lipinski definition) is 3. The van der Waals surface area contributed by atoms with E-state index in [1.54, 1.807) is 30.3 Å². The Bertz CT molecular complexity index is 794. The third-order valence-corrected chi connectivity index (χ3v) is 3.45. The van der Waals surface area contributed by atoms with Crippen LogP contribution in [0.1, 0.15) is 23.7 Å². The Morgan fingerprint density at radius 1 is 1.17 bits per heavy atom. The van der Waals surface area contributed by atoms with Gasteiger partial charge in [-0.2, -0.15) is 13.2 Å². The molecule has 0 saturated heterocycles. The highest BCUT2D eigenvalue weighted by atomic mass is 19.4. The maximum absolute atomic E-state index is 12.8. The van der Waals surface area contributed by atoms with Crippen LogP contribution in [-0.4, -0.2) is 14.2 Å². The van der Waals surface area contributed by atoms with Gasteiger partial charge in [-0.25, -0.2) is 4.79 Å². The number of nitrogens with zero attached hydrogens (tertiary/aromatic N) is 2. The number of alkyl halides is 3. The molecule has 0 aliphatic carbocycles. The fraction of sp³-hybridized carbons (Fsp3) is 0.333. The van der Waals surface area contributed by atoms with Crippen LogP contribution >= 0.6 is 0 Å². The smallest absolute Gasteiger partial charge is 0.388 e. The molecule has 0 radical (unpaired) electrons. The fourth-order valence-corrected chi connectivity index (χ4v) is 2.21. The predicted molar refractivity (Wildman–Crippen MR) is 77.0 cm³/mol. The van der Waals surface area contributed by atoms with Gasteiger partial charge in [0, 0.05) is 19.8 Å². The Hall–Kier alpha value is -2.35. The van der Waals surface area contributed by atoms with Gasteiger partial charge in [-0.05, 0) is 12.0 Å². The first-order valence-electron chi connectivity index (χ1n) is 6.82. The summed E-state index contributed by atoms with van der Waals surface area (Å²) in [6.07, 6.45) is -5.40. The van der Waals surface area contributed by atoms with E-state index >= 15 is 0 Å². The van der Waals surface area contributed by atoms with Crippen molar-refractivity contribution in [3.63, 3.8) is 0 Å². The molecule has 124 valence electrons. The molecule has 2 rings (SSSR count). The van der Waals surface area contributed by atoms with Crippen molar-refractivity contribution in [2.75, 3.05) is 0 Å². The third-order valence-electron chi connectivity index (χ3n) is 3.45. The van der Waals surface area contributed by atoms with Gasteiger partial charge in [0.05, 0.1) is 6.10 Å². The number of aliphatic hydroxyl groups excluding tert-OH is 1. The van der Waals surface area contributed by atoms with E-state index in [0.29, 0.717) is 20.9 Å². The largest absolute Gasteiger partial charge is 0.423 e. The molecule has 1 aromatic carbocycles. The highest BCUT2D eigenvalue weighted by Gasteiger charge is 2.35. The zero-order valence-corrected chi connectivity index (χ0v) is 12.2. The standard InChI is InChI=1S/C15H15F3N2O3/c1-19-9-11(15(16,17)18)13(22)20(14(19)23)8-7-12(21)10-5-3-2-4-6-10/h2-6,9,12,21H,7-8H2,1H3. The van der Waals surface area contributed by atoms with Crippen molar-refractivity contribution in [1.82, 2.24) is 9.13 Å². The Morgan fingerprint density at radius 2 is 1.78 bits per heavy atom. The molecule has 1 aromatic heterocycles. The topological polar surface area (TPSA) is 64.2 Å². The molecule has 0 aliphatic rings. The minimum absolute atomic E-state index is 0.0551. The van der Waals surface area contributed by atoms with Crippen LogP contribution in [-0.2, 0) is 19.8 Å². The predicted octanol–water partition coefficient (Wildman–Crippen LogP) is 1.69. The summed E-state index contributed by atoms with van der Waals surface area (Å²) >= 11 is 0. The van der Waals surface area contributed by atoms with Gasteiger partial charge in [-0.3, -0.25) is 9.36 Å². The number of aryl methyl sites for hydroxylation is 1. The van der Waals surface area contributed by atoms with Gasteiger partial charge >= 0.3 is 11.9 Å². The molecule has 0 aliphatic heterocycles. The average molecular weight is 328 g/mol. The average Bonchev–Trinajstić information content (AvgIpc) is 2.50. The van der Waals surface area contributed by atoms with E-state index < -0.39 is 29.1 Å². The Kier molecular flexibility index (Phi) is 4.74. The molecule has 5 nitrogen and oxygen atoms in total. The lowest BCUT2D eigenvalue weighted by Gasteiger charge is -2.14. The van der Waals surface area contributed by atoms with Crippen LogP contribution in [0, 0.1) is 0 Å². The molecule has 0 saturated carbocycles. The second-order valence-electron chi connectivity index (χ2n) is 5.11. The zero-order chi connectivity index (χ0) is 17.2. The molecule has 1 atom stereocenters. The zero-order valence-electron chi connectivity index (χ0n) is 12.2. The lowest BCUT2D eigenvalue weighted by atomic mass is 10.1. The normalized spacial score (nSPS) is 13.1. The summed E-state index contributed by atoms with van der Waals surface area (Å²) in [5.74, 6) is 0. The lowest BCUT2D eigenvalue weighted by molar-refractivity contribution is -0.139. The first kappa shape index (κ1) is 17.0. The van der Waals surface area contributed by atoms with E-state index in [1.807, 2.05) is 0 Å². The minimum atomic E-state index is -4.84. The van der Waals surface area contributed by atoms with Crippen molar-refractivity contribution in [3.8, 4) is 0 Å². The van der Waals surface area contributed by atoms with E-state index in [2.05, 4.69) is 0 Å². The minimum Gasteiger partial charge on any atom is -0.388 e. The molecule has 8 heteroatoms. The SMILES string of the molecule is Cn1cc(C(F)(F)F)c(=O)n(CCC(O)c2ccccc2)c1=O. The van der Waals surface area contributed by atoms with Crippen LogP contribution in [0.3, 0.4) is 0 Å². The number of rotatable bonds is 4. The number of hydrogen-bond donors (Lipinski definition) is 1. The van der Waals surface area contributed by atoms with Crippen LogP contribution in [0.5, 0.6) is 0 Å². The van der Waals surface area contributed by atoms with Gasteiger partial charge in [0.15, 0.2) is 0 Å². The van der Waals surface area contributed by atoms with Crippen LogP contribution in [0.2, 0.25) is 0 Å². The van der Waals surface area contributed by atoms with Crippen molar-refractivity contribution in [3.05, 3.63) is 68.5 Å². The molecule has 0 bridgehead atoms. The number of benzene rings is 1. The quantitative estimate of drug-likeness (QED) is 0.929.